The molecule has 8 heteroatoms. The molecule has 0 saturated carbocycles. The number of aliphatic hydroxyl groups is 1. The molecule has 0 spiro atoms. The van der Waals surface area contributed by atoms with Crippen LogP contribution in [0.4, 0.5) is 0 Å². The summed E-state index contributed by atoms with van der Waals surface area (Å²) in [4.78, 5) is 22.4. The van der Waals surface area contributed by atoms with Crippen LogP contribution >= 0.6 is 11.3 Å². The van der Waals surface area contributed by atoms with Crippen LogP contribution in [0.3, 0.4) is 0 Å². The van der Waals surface area contributed by atoms with Crippen LogP contribution in [0, 0.1) is 6.92 Å². The molecule has 1 saturated heterocycles. The summed E-state index contributed by atoms with van der Waals surface area (Å²) < 4.78 is 11.5. The molecular formula is C34H37N3O4S. The van der Waals surface area contributed by atoms with Crippen LogP contribution in [0.25, 0.3) is 12.2 Å². The molecule has 1 unspecified atom stereocenters. The fraction of sp³-hybridized carbons (Fsp3) is 0.294. The molecule has 7 nitrogen and oxygen atoms in total. The van der Waals surface area contributed by atoms with Crippen molar-refractivity contribution in [2.24, 2.45) is 0 Å². The minimum atomic E-state index is -0.660. The van der Waals surface area contributed by atoms with Gasteiger partial charge in [0.1, 0.15) is 24.2 Å². The first-order valence-electron chi connectivity index (χ1n) is 14.2. The highest BCUT2D eigenvalue weighted by atomic mass is 32.1. The Hall–Kier alpha value is -3.98. The Kier molecular flexibility index (Phi) is 10.0. The SMILES string of the molecule is COc1sc(C)nc1C=Cc1ccccc1OCC(O)CN1CCN(C(=O)C(c2ccccc2)c2ccccc2)CC1. The molecule has 2 heterocycles. The molecule has 0 bridgehead atoms. The molecule has 0 aliphatic carbocycles. The van der Waals surface area contributed by atoms with Gasteiger partial charge in [-0.3, -0.25) is 9.69 Å². The van der Waals surface area contributed by atoms with Gasteiger partial charge in [0, 0.05) is 38.3 Å². The van der Waals surface area contributed by atoms with Gasteiger partial charge in [-0.2, -0.15) is 0 Å². The highest BCUT2D eigenvalue weighted by Crippen LogP contribution is 2.30. The number of aromatic nitrogens is 1. The number of carbonyl (C=O) groups is 1. The summed E-state index contributed by atoms with van der Waals surface area (Å²) in [5.41, 5.74) is 3.68. The van der Waals surface area contributed by atoms with Gasteiger partial charge in [0.25, 0.3) is 0 Å². The van der Waals surface area contributed by atoms with Crippen molar-refractivity contribution in [1.29, 1.82) is 0 Å². The average Bonchev–Trinajstić information content (AvgIpc) is 3.40. The number of hydrogen-bond donors (Lipinski definition) is 1. The van der Waals surface area contributed by atoms with Crippen LogP contribution in [-0.2, 0) is 4.79 Å². The number of benzene rings is 3. The summed E-state index contributed by atoms with van der Waals surface area (Å²) >= 11 is 1.51. The highest BCUT2D eigenvalue weighted by molar-refractivity contribution is 7.13. The van der Waals surface area contributed by atoms with Crippen molar-refractivity contribution in [3.05, 3.63) is 112 Å². The lowest BCUT2D eigenvalue weighted by Gasteiger charge is -2.37. The molecule has 3 aromatic carbocycles. The smallest absolute Gasteiger partial charge is 0.234 e. The van der Waals surface area contributed by atoms with Gasteiger partial charge < -0.3 is 19.5 Å². The van der Waals surface area contributed by atoms with Crippen LogP contribution in [-0.4, -0.2) is 78.3 Å². The predicted octanol–water partition coefficient (Wildman–Crippen LogP) is 5.35. The maximum absolute atomic E-state index is 13.7. The Labute approximate surface area is 251 Å². The number of hydrogen-bond acceptors (Lipinski definition) is 7. The third-order valence-electron chi connectivity index (χ3n) is 7.35. The van der Waals surface area contributed by atoms with Gasteiger partial charge in [0.15, 0.2) is 0 Å². The molecule has 1 fully saturated rings. The number of para-hydroxylation sites is 1. The second-order valence-corrected chi connectivity index (χ2v) is 11.5. The molecule has 1 aliphatic heterocycles. The van der Waals surface area contributed by atoms with E-state index in [1.807, 2.05) is 109 Å². The highest BCUT2D eigenvalue weighted by Gasteiger charge is 2.30. The van der Waals surface area contributed by atoms with E-state index >= 15 is 0 Å². The van der Waals surface area contributed by atoms with E-state index in [0.717, 1.165) is 32.5 Å². The number of carbonyl (C=O) groups excluding carboxylic acids is 1. The van der Waals surface area contributed by atoms with Crippen molar-refractivity contribution in [3.63, 3.8) is 0 Å². The molecule has 1 aromatic heterocycles. The van der Waals surface area contributed by atoms with Crippen molar-refractivity contribution < 1.29 is 19.4 Å². The minimum absolute atomic E-state index is 0.117. The van der Waals surface area contributed by atoms with E-state index < -0.39 is 6.10 Å². The number of piperazine rings is 1. The van der Waals surface area contributed by atoms with E-state index in [1.165, 1.54) is 11.3 Å². The minimum Gasteiger partial charge on any atom is -0.490 e. The van der Waals surface area contributed by atoms with E-state index in [9.17, 15) is 9.90 Å². The van der Waals surface area contributed by atoms with Crippen LogP contribution < -0.4 is 9.47 Å². The van der Waals surface area contributed by atoms with E-state index in [4.69, 9.17) is 9.47 Å². The molecule has 1 N–H and O–H groups in total. The number of aryl methyl sites for hydroxylation is 1. The van der Waals surface area contributed by atoms with Crippen LogP contribution in [0.2, 0.25) is 0 Å². The number of methoxy groups -OCH3 is 1. The van der Waals surface area contributed by atoms with Crippen LogP contribution in [0.5, 0.6) is 10.8 Å². The fourth-order valence-electron chi connectivity index (χ4n) is 5.23. The van der Waals surface area contributed by atoms with Crippen molar-refractivity contribution >= 4 is 29.4 Å². The van der Waals surface area contributed by atoms with Crippen LogP contribution in [0.1, 0.15) is 33.3 Å². The van der Waals surface area contributed by atoms with Gasteiger partial charge in [-0.25, -0.2) is 4.98 Å². The van der Waals surface area contributed by atoms with Gasteiger partial charge in [-0.05, 0) is 36.3 Å². The Morgan fingerprint density at radius 2 is 1.55 bits per heavy atom. The molecule has 1 amide bonds. The van der Waals surface area contributed by atoms with Gasteiger partial charge in [0.05, 0.1) is 18.0 Å². The lowest BCUT2D eigenvalue weighted by molar-refractivity contribution is -0.133. The maximum atomic E-state index is 13.7. The largest absolute Gasteiger partial charge is 0.490 e. The van der Waals surface area contributed by atoms with E-state index in [0.29, 0.717) is 38.5 Å². The predicted molar refractivity (Wildman–Crippen MR) is 168 cm³/mol. The molecule has 4 aromatic rings. The molecule has 1 atom stereocenters. The number of ether oxygens (including phenoxy) is 2. The quantitative estimate of drug-likeness (QED) is 0.257. The van der Waals surface area contributed by atoms with Crippen molar-refractivity contribution in [2.75, 3.05) is 46.4 Å². The van der Waals surface area contributed by atoms with Gasteiger partial charge in [-0.1, -0.05) is 90.2 Å². The number of thiazole rings is 1. The summed E-state index contributed by atoms with van der Waals surface area (Å²) in [6.45, 7) is 5.25. The molecule has 1 aliphatic rings. The van der Waals surface area contributed by atoms with E-state index in [2.05, 4.69) is 9.88 Å². The lowest BCUT2D eigenvalue weighted by Crippen LogP contribution is -2.52. The van der Waals surface area contributed by atoms with Crippen molar-refractivity contribution in [3.8, 4) is 10.8 Å². The summed E-state index contributed by atoms with van der Waals surface area (Å²) in [5.74, 6) is 0.487. The van der Waals surface area contributed by atoms with Crippen molar-refractivity contribution in [1.82, 2.24) is 14.8 Å². The normalized spacial score (nSPS) is 14.8. The third-order valence-corrected chi connectivity index (χ3v) is 8.30. The van der Waals surface area contributed by atoms with Gasteiger partial charge in [-0.15, -0.1) is 0 Å². The summed E-state index contributed by atoms with van der Waals surface area (Å²) in [6.07, 6.45) is 3.21. The lowest BCUT2D eigenvalue weighted by atomic mass is 9.90. The van der Waals surface area contributed by atoms with Crippen LogP contribution in [0.15, 0.2) is 84.9 Å². The monoisotopic (exact) mass is 583 g/mol. The Bertz CT molecular complexity index is 1430. The average molecular weight is 584 g/mol. The number of rotatable bonds is 11. The standard InChI is InChI=1S/C34H37N3O4S/c1-25-35-30(34(40-2)42-25)18-17-26-11-9-10-16-31(26)41-24-29(38)23-36-19-21-37(22-20-36)33(39)32(27-12-5-3-6-13-27)28-14-7-4-8-15-28/h3-18,29,32,38H,19-24H2,1-2H3. The molecular weight excluding hydrogens is 546 g/mol. The first-order chi connectivity index (χ1) is 20.5. The van der Waals surface area contributed by atoms with E-state index in [1.54, 1.807) is 7.11 Å². The second kappa shape index (κ2) is 14.3. The summed E-state index contributed by atoms with van der Waals surface area (Å²) in [6, 6.07) is 27.7. The van der Waals surface area contributed by atoms with Gasteiger partial charge >= 0.3 is 0 Å². The summed E-state index contributed by atoms with van der Waals surface area (Å²) in [7, 11) is 1.65. The summed E-state index contributed by atoms with van der Waals surface area (Å²) in [5, 5.41) is 12.5. The van der Waals surface area contributed by atoms with Crippen molar-refractivity contribution in [2.45, 2.75) is 18.9 Å². The number of amides is 1. The zero-order chi connectivity index (χ0) is 29.3. The molecule has 218 valence electrons. The first kappa shape index (κ1) is 29.5. The second-order valence-electron chi connectivity index (χ2n) is 10.3. The number of nitrogens with zero attached hydrogens (tertiary/aromatic N) is 3. The number of aliphatic hydroxyl groups excluding tert-OH is 1. The third kappa shape index (κ3) is 7.45. The topological polar surface area (TPSA) is 75.1 Å². The Morgan fingerprint density at radius 3 is 2.19 bits per heavy atom. The molecule has 5 rings (SSSR count). The van der Waals surface area contributed by atoms with E-state index in [-0.39, 0.29) is 18.4 Å². The fourth-order valence-corrected chi connectivity index (χ4v) is 5.95. The Morgan fingerprint density at radius 1 is 0.929 bits per heavy atom. The molecule has 42 heavy (non-hydrogen) atoms. The maximum Gasteiger partial charge on any atom is 0.234 e. The van der Waals surface area contributed by atoms with Gasteiger partial charge in [0.2, 0.25) is 11.0 Å². The first-order valence-corrected chi connectivity index (χ1v) is 15.0. The zero-order valence-electron chi connectivity index (χ0n) is 24.1. The number of β-amino-alcohol motifs (C(OH)–C–C–N with tert-alkyl or cyclic N) is 1. The Balaban J connectivity index is 1.14. The molecule has 0 radical (unpaired) electrons. The zero-order valence-corrected chi connectivity index (χ0v) is 24.9.